The van der Waals surface area contributed by atoms with Crippen LogP contribution in [0.25, 0.3) is 0 Å². The van der Waals surface area contributed by atoms with Crippen molar-refractivity contribution in [1.29, 1.82) is 0 Å². The third-order valence-electron chi connectivity index (χ3n) is 6.16. The average molecular weight is 516 g/mol. The molecule has 0 saturated carbocycles. The third kappa shape index (κ3) is 5.29. The molecule has 3 aromatic rings. The number of nitrogens with zero attached hydrogens (tertiary/aromatic N) is 2. The third-order valence-corrected chi connectivity index (χ3v) is 6.16. The second-order valence-electron chi connectivity index (χ2n) is 8.83. The number of benzene rings is 3. The summed E-state index contributed by atoms with van der Waals surface area (Å²) >= 11 is 0. The van der Waals surface area contributed by atoms with Crippen molar-refractivity contribution < 1.29 is 33.4 Å². The van der Waals surface area contributed by atoms with Crippen LogP contribution in [0.3, 0.4) is 0 Å². The molecular weight excluding hydrogens is 490 g/mol. The first-order chi connectivity index (χ1) is 18.4. The van der Waals surface area contributed by atoms with Gasteiger partial charge in [-0.25, -0.2) is 4.90 Å². The van der Waals surface area contributed by atoms with Gasteiger partial charge in [0.2, 0.25) is 18.6 Å². The maximum Gasteiger partial charge on any atom is 0.261 e. The van der Waals surface area contributed by atoms with Gasteiger partial charge in [-0.1, -0.05) is 24.3 Å². The zero-order valence-electron chi connectivity index (χ0n) is 20.6. The molecule has 1 N–H and O–H groups in total. The molecule has 0 radical (unpaired) electrons. The Morgan fingerprint density at radius 3 is 2.47 bits per heavy atom. The summed E-state index contributed by atoms with van der Waals surface area (Å²) in [6, 6.07) is 19.5. The molecule has 4 amide bonds. The highest BCUT2D eigenvalue weighted by atomic mass is 16.7. The van der Waals surface area contributed by atoms with E-state index in [0.717, 1.165) is 4.90 Å². The molecule has 1 fully saturated rings. The molecule has 2 aliphatic heterocycles. The van der Waals surface area contributed by atoms with Crippen molar-refractivity contribution in [2.75, 3.05) is 23.6 Å². The van der Waals surface area contributed by atoms with Crippen LogP contribution in [0.15, 0.2) is 72.8 Å². The average Bonchev–Trinajstić information content (AvgIpc) is 3.50. The minimum absolute atomic E-state index is 0.0621. The molecule has 0 spiro atoms. The number of carbonyl (C=O) groups excluding carboxylic acids is 4. The molecule has 1 atom stereocenters. The standard InChI is InChI=1S/C28H25N3O7/c1-18(32)29-20-8-10-21(11-9-20)31-26(33)14-23(28(31)35)30(27(34)16-36-22-5-3-2-4-6-22)15-19-7-12-24-25(13-19)38-17-37-24/h2-13,23H,14-17H2,1H3,(H,29,32). The molecule has 1 saturated heterocycles. The molecule has 10 heteroatoms. The molecule has 38 heavy (non-hydrogen) atoms. The Hall–Kier alpha value is -4.86. The van der Waals surface area contributed by atoms with Crippen LogP contribution in [-0.4, -0.2) is 48.0 Å². The van der Waals surface area contributed by atoms with Crippen LogP contribution < -0.4 is 24.4 Å². The number of hydrogen-bond acceptors (Lipinski definition) is 7. The van der Waals surface area contributed by atoms with Gasteiger partial charge in [0.1, 0.15) is 11.8 Å². The molecular formula is C28H25N3O7. The lowest BCUT2D eigenvalue weighted by Gasteiger charge is -2.28. The van der Waals surface area contributed by atoms with Crippen molar-refractivity contribution in [3.8, 4) is 17.2 Å². The fourth-order valence-corrected chi connectivity index (χ4v) is 4.38. The summed E-state index contributed by atoms with van der Waals surface area (Å²) in [7, 11) is 0. The lowest BCUT2D eigenvalue weighted by atomic mass is 10.1. The van der Waals surface area contributed by atoms with Crippen LogP contribution in [0.4, 0.5) is 11.4 Å². The Bertz CT molecular complexity index is 1370. The quantitative estimate of drug-likeness (QED) is 0.459. The highest BCUT2D eigenvalue weighted by molar-refractivity contribution is 6.23. The van der Waals surface area contributed by atoms with Crippen LogP contribution >= 0.6 is 0 Å². The van der Waals surface area contributed by atoms with Crippen molar-refractivity contribution in [3.05, 3.63) is 78.4 Å². The zero-order valence-corrected chi connectivity index (χ0v) is 20.6. The first kappa shape index (κ1) is 24.8. The fraction of sp³-hybridized carbons (Fsp3) is 0.214. The number of imide groups is 1. The lowest BCUT2D eigenvalue weighted by molar-refractivity contribution is -0.140. The largest absolute Gasteiger partial charge is 0.484 e. The Balaban J connectivity index is 1.38. The first-order valence-corrected chi connectivity index (χ1v) is 12.0. The number of anilines is 2. The van der Waals surface area contributed by atoms with Crippen LogP contribution in [0, 0.1) is 0 Å². The highest BCUT2D eigenvalue weighted by Crippen LogP contribution is 2.34. The monoisotopic (exact) mass is 515 g/mol. The number of hydrogen-bond donors (Lipinski definition) is 1. The predicted molar refractivity (Wildman–Crippen MR) is 137 cm³/mol. The summed E-state index contributed by atoms with van der Waals surface area (Å²) in [4.78, 5) is 53.7. The van der Waals surface area contributed by atoms with Gasteiger partial charge in [-0.05, 0) is 54.1 Å². The van der Waals surface area contributed by atoms with Gasteiger partial charge in [-0.3, -0.25) is 19.2 Å². The summed E-state index contributed by atoms with van der Waals surface area (Å²) in [5.41, 5.74) is 1.60. The Kier molecular flexibility index (Phi) is 6.94. The van der Waals surface area contributed by atoms with Gasteiger partial charge in [-0.15, -0.1) is 0 Å². The van der Waals surface area contributed by atoms with Crippen molar-refractivity contribution in [3.63, 3.8) is 0 Å². The van der Waals surface area contributed by atoms with Crippen LogP contribution in [0.2, 0.25) is 0 Å². The van der Waals surface area contributed by atoms with Gasteiger partial charge in [-0.2, -0.15) is 0 Å². The van der Waals surface area contributed by atoms with Crippen molar-refractivity contribution in [2.24, 2.45) is 0 Å². The van der Waals surface area contributed by atoms with Gasteiger partial charge >= 0.3 is 0 Å². The number of amides is 4. The van der Waals surface area contributed by atoms with E-state index in [9.17, 15) is 19.2 Å². The van der Waals surface area contributed by atoms with E-state index in [1.807, 2.05) is 6.07 Å². The van der Waals surface area contributed by atoms with E-state index in [-0.39, 0.29) is 32.3 Å². The molecule has 0 aliphatic carbocycles. The molecule has 10 nitrogen and oxygen atoms in total. The van der Waals surface area contributed by atoms with E-state index in [1.54, 1.807) is 66.7 Å². The SMILES string of the molecule is CC(=O)Nc1ccc(N2C(=O)CC(N(Cc3ccc4c(c3)OCO4)C(=O)COc3ccccc3)C2=O)cc1. The Labute approximate surface area is 218 Å². The van der Waals surface area contributed by atoms with E-state index in [2.05, 4.69) is 5.32 Å². The summed E-state index contributed by atoms with van der Waals surface area (Å²) in [6.45, 7) is 1.25. The second-order valence-corrected chi connectivity index (χ2v) is 8.83. The minimum Gasteiger partial charge on any atom is -0.484 e. The number of ether oxygens (including phenoxy) is 3. The van der Waals surface area contributed by atoms with Crippen LogP contribution in [0.1, 0.15) is 18.9 Å². The lowest BCUT2D eigenvalue weighted by Crippen LogP contribution is -2.46. The van der Waals surface area contributed by atoms with E-state index in [1.165, 1.54) is 11.8 Å². The number of para-hydroxylation sites is 1. The Morgan fingerprint density at radius 2 is 1.74 bits per heavy atom. The summed E-state index contributed by atoms with van der Waals surface area (Å²) < 4.78 is 16.5. The minimum atomic E-state index is -1.02. The molecule has 5 rings (SSSR count). The van der Waals surface area contributed by atoms with Crippen LogP contribution in [0.5, 0.6) is 17.2 Å². The maximum absolute atomic E-state index is 13.5. The van der Waals surface area contributed by atoms with E-state index >= 15 is 0 Å². The van der Waals surface area contributed by atoms with Crippen molar-refractivity contribution >= 4 is 35.0 Å². The smallest absolute Gasteiger partial charge is 0.261 e. The topological polar surface area (TPSA) is 114 Å². The van der Waals surface area contributed by atoms with Gasteiger partial charge in [0, 0.05) is 19.2 Å². The summed E-state index contributed by atoms with van der Waals surface area (Å²) in [5, 5.41) is 2.65. The van der Waals surface area contributed by atoms with Gasteiger partial charge in [0.05, 0.1) is 12.1 Å². The number of nitrogens with one attached hydrogen (secondary N) is 1. The number of carbonyl (C=O) groups is 4. The van der Waals surface area contributed by atoms with E-state index in [0.29, 0.717) is 34.2 Å². The molecule has 2 heterocycles. The normalized spacial score (nSPS) is 15.9. The van der Waals surface area contributed by atoms with Crippen LogP contribution in [-0.2, 0) is 25.7 Å². The van der Waals surface area contributed by atoms with Crippen molar-refractivity contribution in [1.82, 2.24) is 4.90 Å². The van der Waals surface area contributed by atoms with E-state index < -0.39 is 23.8 Å². The zero-order chi connectivity index (χ0) is 26.6. The van der Waals surface area contributed by atoms with Gasteiger partial charge in [0.15, 0.2) is 18.1 Å². The molecule has 194 valence electrons. The summed E-state index contributed by atoms with van der Waals surface area (Å²) in [5.74, 6) is 0.0293. The molecule has 2 aliphatic rings. The number of rotatable bonds is 8. The number of fused-ring (bicyclic) bond motifs is 1. The van der Waals surface area contributed by atoms with Gasteiger partial charge < -0.3 is 24.4 Å². The predicted octanol–water partition coefficient (Wildman–Crippen LogP) is 3.11. The van der Waals surface area contributed by atoms with Gasteiger partial charge in [0.25, 0.3) is 11.8 Å². The first-order valence-electron chi connectivity index (χ1n) is 12.0. The van der Waals surface area contributed by atoms with Crippen molar-refractivity contribution in [2.45, 2.75) is 25.9 Å². The Morgan fingerprint density at radius 1 is 1.00 bits per heavy atom. The second kappa shape index (κ2) is 10.6. The van der Waals surface area contributed by atoms with E-state index in [4.69, 9.17) is 14.2 Å². The molecule has 0 bridgehead atoms. The molecule has 0 aromatic heterocycles. The maximum atomic E-state index is 13.5. The summed E-state index contributed by atoms with van der Waals surface area (Å²) in [6.07, 6.45) is -0.173. The highest BCUT2D eigenvalue weighted by Gasteiger charge is 2.44. The molecule has 3 aromatic carbocycles. The fourth-order valence-electron chi connectivity index (χ4n) is 4.38. The molecule has 1 unspecified atom stereocenters.